The van der Waals surface area contributed by atoms with Gasteiger partial charge in [-0.05, 0) is 146 Å². The minimum Gasteiger partial charge on any atom is -0.380 e. The van der Waals surface area contributed by atoms with Crippen molar-refractivity contribution in [3.63, 3.8) is 0 Å². The summed E-state index contributed by atoms with van der Waals surface area (Å²) < 4.78 is 116. The molecule has 12 rings (SSSR count). The molecule has 0 aromatic heterocycles. The van der Waals surface area contributed by atoms with Crippen molar-refractivity contribution in [3.8, 4) is 0 Å². The van der Waals surface area contributed by atoms with Crippen molar-refractivity contribution in [1.82, 2.24) is 29.6 Å². The van der Waals surface area contributed by atoms with Crippen LogP contribution in [0.3, 0.4) is 0 Å². The fourth-order valence-electron chi connectivity index (χ4n) is 13.0. The van der Waals surface area contributed by atoms with E-state index in [2.05, 4.69) is 56.2 Å². The van der Waals surface area contributed by atoms with Crippen LogP contribution in [0.15, 0.2) is 129 Å². The molecule has 466 valence electrons. The first-order chi connectivity index (χ1) is 41.8. The van der Waals surface area contributed by atoms with E-state index in [9.17, 15) is 54.0 Å². The molecule has 17 nitrogen and oxygen atoms in total. The van der Waals surface area contributed by atoms with Gasteiger partial charge in [-0.1, -0.05) is 61.4 Å². The molecule has 3 N–H and O–H groups in total. The van der Waals surface area contributed by atoms with E-state index >= 15 is 4.39 Å². The summed E-state index contributed by atoms with van der Waals surface area (Å²) in [5.41, 5.74) is -1.52. The van der Waals surface area contributed by atoms with Gasteiger partial charge in [0.15, 0.2) is 0 Å². The molecule has 4 unspecified atom stereocenters. The van der Waals surface area contributed by atoms with Crippen molar-refractivity contribution >= 4 is 89.7 Å². The molecule has 5 aromatic carbocycles. The summed E-state index contributed by atoms with van der Waals surface area (Å²) in [7, 11) is -11.1. The third-order valence-electron chi connectivity index (χ3n) is 17.7. The van der Waals surface area contributed by atoms with Gasteiger partial charge < -0.3 is 10.2 Å². The smallest absolute Gasteiger partial charge is 0.380 e. The largest absolute Gasteiger partial charge is 0.501 e. The van der Waals surface area contributed by atoms with Gasteiger partial charge in [0, 0.05) is 110 Å². The molecule has 6 aliphatic heterocycles. The molecule has 0 spiro atoms. The summed E-state index contributed by atoms with van der Waals surface area (Å²) in [4.78, 5) is 73.2. The van der Waals surface area contributed by atoms with Gasteiger partial charge in [-0.3, -0.25) is 48.9 Å². The number of amides is 5. The lowest BCUT2D eigenvalue weighted by Gasteiger charge is -2.52. The molecule has 5 aromatic rings. The molecule has 5 amide bonds. The number of hydrogen-bond donors (Lipinski definition) is 3. The average molecular weight is 1290 g/mol. The zero-order chi connectivity index (χ0) is 62.5. The first-order valence-corrected chi connectivity index (χ1v) is 33.7. The van der Waals surface area contributed by atoms with E-state index in [0.29, 0.717) is 55.8 Å². The highest BCUT2D eigenvalue weighted by atomic mass is 35.5. The van der Waals surface area contributed by atoms with E-state index in [-0.39, 0.29) is 53.8 Å². The number of alkyl halides is 3. The Kier molecular flexibility index (Phi) is 18.1. The van der Waals surface area contributed by atoms with Crippen molar-refractivity contribution in [1.29, 1.82) is 0 Å². The van der Waals surface area contributed by atoms with Crippen molar-refractivity contribution in [2.24, 2.45) is 5.41 Å². The van der Waals surface area contributed by atoms with Crippen LogP contribution in [0.25, 0.3) is 5.57 Å². The number of piperidine rings is 3. The highest BCUT2D eigenvalue weighted by Crippen LogP contribution is 2.44. The highest BCUT2D eigenvalue weighted by Gasteiger charge is 2.50. The molecular formula is C63H67ClF4N8O9S3. The number of rotatable bonds is 19. The summed E-state index contributed by atoms with van der Waals surface area (Å²) in [5.74, 6) is -4.82. The molecule has 2 bridgehead atoms. The second kappa shape index (κ2) is 25.3. The van der Waals surface area contributed by atoms with Crippen molar-refractivity contribution in [3.05, 3.63) is 153 Å². The molecule has 7 aliphatic rings. The number of carbonyl (C=O) groups excluding carboxylic acids is 5. The monoisotopic (exact) mass is 1290 g/mol. The molecular weight excluding hydrogens is 1220 g/mol. The lowest BCUT2D eigenvalue weighted by atomic mass is 9.73. The molecule has 6 heterocycles. The van der Waals surface area contributed by atoms with Crippen LogP contribution >= 0.6 is 23.4 Å². The number of thioether (sulfide) groups is 1. The summed E-state index contributed by atoms with van der Waals surface area (Å²) in [6, 6.07) is 26.6. The number of hydrogen-bond acceptors (Lipinski definition) is 15. The van der Waals surface area contributed by atoms with Crippen LogP contribution in [-0.2, 0) is 36.0 Å². The van der Waals surface area contributed by atoms with Gasteiger partial charge in [-0.25, -0.2) is 25.9 Å². The first-order valence-electron chi connectivity index (χ1n) is 29.3. The molecule has 25 heteroatoms. The Morgan fingerprint density at radius 3 is 2.17 bits per heavy atom. The Morgan fingerprint density at radius 2 is 1.50 bits per heavy atom. The number of carbonyl (C=O) groups is 5. The van der Waals surface area contributed by atoms with Crippen LogP contribution in [0, 0.1) is 11.2 Å². The summed E-state index contributed by atoms with van der Waals surface area (Å²) in [5, 5.41) is 5.86. The predicted molar refractivity (Wildman–Crippen MR) is 326 cm³/mol. The van der Waals surface area contributed by atoms with Gasteiger partial charge in [0.2, 0.25) is 11.8 Å². The maximum atomic E-state index is 15.7. The van der Waals surface area contributed by atoms with Gasteiger partial charge in [-0.15, -0.1) is 11.8 Å². The van der Waals surface area contributed by atoms with Crippen LogP contribution < -0.4 is 20.3 Å². The number of sulfonamides is 1. The molecule has 0 radical (unpaired) electrons. The zero-order valence-electron chi connectivity index (χ0n) is 48.5. The van der Waals surface area contributed by atoms with E-state index in [1.54, 1.807) is 12.1 Å². The summed E-state index contributed by atoms with van der Waals surface area (Å²) in [6.07, 6.45) is 4.80. The van der Waals surface area contributed by atoms with E-state index in [4.69, 9.17) is 11.6 Å². The van der Waals surface area contributed by atoms with E-state index in [1.807, 2.05) is 47.2 Å². The number of sulfone groups is 1. The lowest BCUT2D eigenvalue weighted by Crippen LogP contribution is -2.62. The minimum atomic E-state index is -6.19. The predicted octanol–water partition coefficient (Wildman–Crippen LogP) is 9.39. The van der Waals surface area contributed by atoms with Gasteiger partial charge in [0.1, 0.15) is 16.8 Å². The van der Waals surface area contributed by atoms with Gasteiger partial charge >= 0.3 is 5.51 Å². The number of nitrogens with one attached hydrogen (secondary N) is 3. The van der Waals surface area contributed by atoms with Gasteiger partial charge in [-0.2, -0.15) is 13.2 Å². The second-order valence-electron chi connectivity index (χ2n) is 24.3. The van der Waals surface area contributed by atoms with E-state index in [1.165, 1.54) is 52.7 Å². The normalized spacial score (nSPS) is 21.6. The molecule has 5 saturated heterocycles. The Bertz CT molecular complexity index is 3810. The fourth-order valence-corrected chi connectivity index (χ4v) is 16.2. The molecule has 88 heavy (non-hydrogen) atoms. The van der Waals surface area contributed by atoms with Gasteiger partial charge in [0.25, 0.3) is 37.6 Å². The number of anilines is 2. The van der Waals surface area contributed by atoms with Crippen molar-refractivity contribution in [2.75, 3.05) is 68.3 Å². The van der Waals surface area contributed by atoms with Gasteiger partial charge in [0.05, 0.1) is 21.7 Å². The molecule has 1 aliphatic carbocycles. The topological polar surface area (TPSA) is 206 Å². The number of allylic oxidation sites excluding steroid dienone is 1. The number of halogens is 5. The fraction of sp³-hybridized carbons (Fsp3) is 0.413. The molecule has 0 saturated carbocycles. The Balaban J connectivity index is 0.741. The Labute approximate surface area is 518 Å². The number of benzene rings is 5. The Morgan fingerprint density at radius 1 is 0.807 bits per heavy atom. The van der Waals surface area contributed by atoms with Crippen molar-refractivity contribution < 1.29 is 58.4 Å². The minimum absolute atomic E-state index is 0.0167. The summed E-state index contributed by atoms with van der Waals surface area (Å²) in [6.45, 7) is 10.2. The zero-order valence-corrected chi connectivity index (χ0v) is 51.7. The van der Waals surface area contributed by atoms with Crippen LogP contribution in [0.4, 0.5) is 28.9 Å². The third-order valence-corrected chi connectivity index (χ3v) is 22.0. The number of imide groups is 2. The quantitative estimate of drug-likeness (QED) is 0.0400. The number of piperazine rings is 2. The van der Waals surface area contributed by atoms with Crippen LogP contribution in [0.1, 0.15) is 107 Å². The SMILES string of the molecule is CC1(C)CCC(c2ccc(Cl)cc2)=C(CN2CCN(c3ccc(C(=O)NS(=O)(=O)c4ccc(NC(CCN5CC6CCC5CN6Cc5cc(F)c6c(c5)C(=O)N(C5CCC(=O)NC5=O)C6=O)CSc5ccccc5)c(S(=O)(=O)C(F)(F)F)c4)cc3)CC2)C1. The Hall–Kier alpha value is -6.67. The van der Waals surface area contributed by atoms with E-state index in [0.717, 1.165) is 79.4 Å². The van der Waals surface area contributed by atoms with Crippen molar-refractivity contribution in [2.45, 2.75) is 116 Å². The maximum Gasteiger partial charge on any atom is 0.501 e. The van der Waals surface area contributed by atoms with Crippen LogP contribution in [-0.4, -0.2) is 154 Å². The summed E-state index contributed by atoms with van der Waals surface area (Å²) >= 11 is 7.60. The second-order valence-corrected chi connectivity index (χ2v) is 29.4. The third kappa shape index (κ3) is 13.6. The lowest BCUT2D eigenvalue weighted by molar-refractivity contribution is -0.136. The van der Waals surface area contributed by atoms with Crippen LogP contribution in [0.2, 0.25) is 5.02 Å². The number of nitrogens with zero attached hydrogens (tertiary/aromatic N) is 5. The molecule has 4 atom stereocenters. The standard InChI is InChI=1S/C63H67ClF4N8O9S3/c1-62(2)24-22-50(40-8-12-43(64)13-9-40)42(33-62)35-72-26-28-73(29-27-72)45-14-10-41(11-15-45)58(78)71-88(84,85)49-18-19-53(55(32-49)87(82,83)63(66,67)68)69-44(38-86-48-6-4-3-5-7-48)23-25-74-36-47-17-16-46(74)37-75(47)34-39-30-51-57(52(65)31-39)61(81)76(60(51)80)54-20-21-56(77)70-59(54)79/h3-15,18-19,30-32,44,46-47,54,69H,16-17,20-29,33-38H2,1-2H3,(H,71,78)(H,70,77,79). The van der Waals surface area contributed by atoms with E-state index < -0.39 is 93.8 Å². The average Bonchev–Trinajstić information content (AvgIpc) is 2.57. The molecule has 5 fully saturated rings. The first kappa shape index (κ1) is 62.9. The number of fused-ring (bicyclic) bond motifs is 4. The van der Waals surface area contributed by atoms with Crippen LogP contribution in [0.5, 0.6) is 0 Å². The highest BCUT2D eigenvalue weighted by molar-refractivity contribution is 7.99. The maximum absolute atomic E-state index is 15.7.